The molecule has 7 nitrogen and oxygen atoms in total. The number of carbonyl (C=O) groups is 1. The summed E-state index contributed by atoms with van der Waals surface area (Å²) in [7, 11) is 0. The maximum Gasteiger partial charge on any atom is 0.490 e. The van der Waals surface area contributed by atoms with Crippen molar-refractivity contribution in [1.82, 2.24) is 14.5 Å². The summed E-state index contributed by atoms with van der Waals surface area (Å²) < 4.78 is 84.2. The van der Waals surface area contributed by atoms with Crippen molar-refractivity contribution in [3.8, 4) is 11.1 Å². The first-order valence-electron chi connectivity index (χ1n) is 9.63. The molecule has 0 amide bonds. The summed E-state index contributed by atoms with van der Waals surface area (Å²) in [6.45, 7) is -0.942. The van der Waals surface area contributed by atoms with Crippen LogP contribution in [0.4, 0.5) is 38.1 Å². The molecular weight excluding hydrogens is 468 g/mol. The molecule has 0 saturated heterocycles. The quantitative estimate of drug-likeness (QED) is 0.326. The zero-order chi connectivity index (χ0) is 24.8. The molecule has 34 heavy (non-hydrogen) atoms. The zero-order valence-electron chi connectivity index (χ0n) is 17.0. The molecule has 13 heteroatoms. The summed E-state index contributed by atoms with van der Waals surface area (Å²) in [5, 5.41) is 0.660. The van der Waals surface area contributed by atoms with Crippen molar-refractivity contribution in [1.29, 1.82) is 0 Å². The van der Waals surface area contributed by atoms with E-state index in [1.165, 1.54) is 41.1 Å². The third-order valence-electron chi connectivity index (χ3n) is 5.07. The van der Waals surface area contributed by atoms with E-state index in [0.29, 0.717) is 10.8 Å². The van der Waals surface area contributed by atoms with E-state index in [4.69, 9.17) is 11.5 Å². The number of rotatable bonds is 4. The van der Waals surface area contributed by atoms with Crippen molar-refractivity contribution in [2.24, 2.45) is 0 Å². The Hall–Kier alpha value is -4.03. The number of alkyl halides is 6. The van der Waals surface area contributed by atoms with Gasteiger partial charge in [-0.15, -0.1) is 0 Å². The molecule has 0 aliphatic heterocycles. The van der Waals surface area contributed by atoms with E-state index in [1.54, 1.807) is 0 Å². The van der Waals surface area contributed by atoms with Gasteiger partial charge in [-0.1, -0.05) is 18.2 Å². The Morgan fingerprint density at radius 2 is 1.71 bits per heavy atom. The van der Waals surface area contributed by atoms with Crippen LogP contribution in [0, 0.1) is 0 Å². The Balaban J connectivity index is 1.94. The third-order valence-corrected chi connectivity index (χ3v) is 5.07. The SMILES string of the molecule is Nc1nc(N)c2c(cc(-c3ccccc3C(F)(F)F)c3c2ccn3CCOC(=O)C(F)(F)F)n1. The molecule has 0 atom stereocenters. The normalized spacial score (nSPS) is 12.4. The van der Waals surface area contributed by atoms with Gasteiger partial charge in [-0.05, 0) is 23.8 Å². The van der Waals surface area contributed by atoms with Crippen LogP contribution in [-0.4, -0.2) is 33.3 Å². The Bertz CT molecular complexity index is 1410. The second-order valence-corrected chi connectivity index (χ2v) is 7.23. The van der Waals surface area contributed by atoms with Crippen molar-refractivity contribution in [2.75, 3.05) is 18.1 Å². The van der Waals surface area contributed by atoms with Crippen LogP contribution < -0.4 is 11.5 Å². The Labute approximate surface area is 186 Å². The van der Waals surface area contributed by atoms with E-state index in [2.05, 4.69) is 14.7 Å². The molecule has 0 saturated carbocycles. The van der Waals surface area contributed by atoms with Gasteiger partial charge in [0.05, 0.1) is 28.5 Å². The van der Waals surface area contributed by atoms with Gasteiger partial charge in [-0.3, -0.25) is 0 Å². The lowest BCUT2D eigenvalue weighted by molar-refractivity contribution is -0.199. The smallest absolute Gasteiger partial charge is 0.457 e. The summed E-state index contributed by atoms with van der Waals surface area (Å²) >= 11 is 0. The zero-order valence-corrected chi connectivity index (χ0v) is 17.0. The number of anilines is 2. The fraction of sp³-hybridized carbons (Fsp3) is 0.190. The molecule has 178 valence electrons. The van der Waals surface area contributed by atoms with Gasteiger partial charge in [-0.25, -0.2) is 9.78 Å². The number of hydrogen-bond acceptors (Lipinski definition) is 6. The number of nitrogen functional groups attached to an aromatic ring is 2. The van der Waals surface area contributed by atoms with Crippen LogP contribution in [0.15, 0.2) is 42.6 Å². The largest absolute Gasteiger partial charge is 0.490 e. The van der Waals surface area contributed by atoms with Gasteiger partial charge in [0.15, 0.2) is 0 Å². The molecule has 0 bridgehead atoms. The van der Waals surface area contributed by atoms with Crippen molar-refractivity contribution >= 4 is 39.5 Å². The summed E-state index contributed by atoms with van der Waals surface area (Å²) in [5.41, 5.74) is 11.0. The van der Waals surface area contributed by atoms with E-state index < -0.39 is 30.5 Å². The second kappa shape index (κ2) is 8.08. The van der Waals surface area contributed by atoms with Crippen LogP contribution in [0.3, 0.4) is 0 Å². The Morgan fingerprint density at radius 3 is 2.38 bits per heavy atom. The Morgan fingerprint density at radius 1 is 1.00 bits per heavy atom. The molecule has 4 rings (SSSR count). The lowest BCUT2D eigenvalue weighted by atomic mass is 9.95. The summed E-state index contributed by atoms with van der Waals surface area (Å²) in [4.78, 5) is 19.0. The van der Waals surface area contributed by atoms with E-state index in [9.17, 15) is 31.1 Å². The number of ether oxygens (including phenoxy) is 1. The average Bonchev–Trinajstić information content (AvgIpc) is 3.15. The van der Waals surface area contributed by atoms with Crippen LogP contribution >= 0.6 is 0 Å². The Kier molecular flexibility index (Phi) is 5.50. The minimum absolute atomic E-state index is 0.0237. The van der Waals surface area contributed by atoms with Gasteiger partial charge < -0.3 is 20.8 Å². The molecule has 2 aromatic heterocycles. The number of esters is 1. The van der Waals surface area contributed by atoms with Crippen LogP contribution in [0.5, 0.6) is 0 Å². The molecule has 2 heterocycles. The van der Waals surface area contributed by atoms with Gasteiger partial charge in [-0.2, -0.15) is 31.3 Å². The number of hydrogen-bond donors (Lipinski definition) is 2. The maximum atomic E-state index is 13.8. The topological polar surface area (TPSA) is 109 Å². The van der Waals surface area contributed by atoms with Crippen molar-refractivity contribution < 1.29 is 35.9 Å². The lowest BCUT2D eigenvalue weighted by Gasteiger charge is -2.17. The molecule has 0 aliphatic rings. The minimum atomic E-state index is -5.17. The number of aromatic nitrogens is 3. The highest BCUT2D eigenvalue weighted by atomic mass is 19.4. The monoisotopic (exact) mass is 483 g/mol. The first-order chi connectivity index (χ1) is 15.9. The molecule has 2 aromatic carbocycles. The summed E-state index contributed by atoms with van der Waals surface area (Å²) in [6.07, 6.45) is -8.43. The first kappa shape index (κ1) is 23.1. The predicted octanol–water partition coefficient (Wildman–Crippen LogP) is 4.54. The maximum absolute atomic E-state index is 13.8. The molecular formula is C21H15F6N5O2. The van der Waals surface area contributed by atoms with Gasteiger partial charge >= 0.3 is 18.3 Å². The average molecular weight is 483 g/mol. The third kappa shape index (κ3) is 4.16. The first-order valence-corrected chi connectivity index (χ1v) is 9.63. The number of halogens is 6. The number of fused-ring (bicyclic) bond motifs is 3. The van der Waals surface area contributed by atoms with E-state index in [-0.39, 0.29) is 40.5 Å². The molecule has 0 unspecified atom stereocenters. The van der Waals surface area contributed by atoms with Crippen LogP contribution in [0.25, 0.3) is 32.9 Å². The van der Waals surface area contributed by atoms with Crippen molar-refractivity contribution in [3.63, 3.8) is 0 Å². The number of carbonyl (C=O) groups excluding carboxylic acids is 1. The highest BCUT2D eigenvalue weighted by molar-refractivity contribution is 6.15. The number of nitrogens with two attached hydrogens (primary N) is 2. The minimum Gasteiger partial charge on any atom is -0.457 e. The molecule has 4 N–H and O–H groups in total. The molecule has 0 aliphatic carbocycles. The van der Waals surface area contributed by atoms with Crippen molar-refractivity contribution in [3.05, 3.63) is 48.2 Å². The van der Waals surface area contributed by atoms with Crippen LogP contribution in [0.1, 0.15) is 5.56 Å². The van der Waals surface area contributed by atoms with Gasteiger partial charge in [0.2, 0.25) is 5.95 Å². The van der Waals surface area contributed by atoms with E-state index in [1.807, 2.05) is 0 Å². The van der Waals surface area contributed by atoms with Gasteiger partial charge in [0, 0.05) is 17.1 Å². The molecule has 0 fully saturated rings. The number of nitrogens with zero attached hydrogens (tertiary/aromatic N) is 3. The highest BCUT2D eigenvalue weighted by Crippen LogP contribution is 2.42. The van der Waals surface area contributed by atoms with E-state index >= 15 is 0 Å². The van der Waals surface area contributed by atoms with Crippen LogP contribution in [-0.2, 0) is 22.3 Å². The lowest BCUT2D eigenvalue weighted by Crippen LogP contribution is -2.26. The second-order valence-electron chi connectivity index (χ2n) is 7.23. The van der Waals surface area contributed by atoms with Gasteiger partial charge in [0.1, 0.15) is 12.4 Å². The van der Waals surface area contributed by atoms with Crippen LogP contribution in [0.2, 0.25) is 0 Å². The number of benzene rings is 2. The fourth-order valence-electron chi connectivity index (χ4n) is 3.75. The van der Waals surface area contributed by atoms with Crippen molar-refractivity contribution in [2.45, 2.75) is 18.9 Å². The highest BCUT2D eigenvalue weighted by Gasteiger charge is 2.40. The molecule has 0 radical (unpaired) electrons. The predicted molar refractivity (Wildman–Crippen MR) is 111 cm³/mol. The van der Waals surface area contributed by atoms with Gasteiger partial charge in [0.25, 0.3) is 0 Å². The molecule has 4 aromatic rings. The molecule has 0 spiro atoms. The van der Waals surface area contributed by atoms with E-state index in [0.717, 1.165) is 6.07 Å². The summed E-state index contributed by atoms with van der Waals surface area (Å²) in [6, 6.07) is 7.69. The fourth-order valence-corrected chi connectivity index (χ4v) is 3.75. The standard InChI is InChI=1S/C21H15F6N5O2/c22-20(23,24)13-4-2-1-3-10(13)12-9-14-15(17(28)31-19(29)30-14)11-5-6-32(16(11)12)7-8-34-18(33)21(25,26)27/h1-6,9H,7-8H2,(H4,28,29,30,31). The summed E-state index contributed by atoms with van der Waals surface area (Å²) in [5.74, 6) is -2.58.